The molecule has 0 saturated heterocycles. The third-order valence-corrected chi connectivity index (χ3v) is 2.76. The van der Waals surface area contributed by atoms with Crippen molar-refractivity contribution in [3.8, 4) is 0 Å². The lowest BCUT2D eigenvalue weighted by molar-refractivity contribution is 0.249. The highest BCUT2D eigenvalue weighted by Gasteiger charge is 2.18. The minimum atomic E-state index is 0.165. The largest absolute Gasteiger partial charge is 0.370 e. The van der Waals surface area contributed by atoms with Crippen molar-refractivity contribution < 1.29 is 0 Å². The van der Waals surface area contributed by atoms with Gasteiger partial charge in [-0.25, -0.2) is 0 Å². The second-order valence-electron chi connectivity index (χ2n) is 6.09. The molecule has 0 aliphatic heterocycles. The number of rotatable bonds is 9. The molecule has 4 heteroatoms. The zero-order valence-corrected chi connectivity index (χ0v) is 12.9. The van der Waals surface area contributed by atoms with Gasteiger partial charge in [-0.1, -0.05) is 40.0 Å². The zero-order chi connectivity index (χ0) is 14.0. The van der Waals surface area contributed by atoms with Crippen LogP contribution in [0.4, 0.5) is 0 Å². The summed E-state index contributed by atoms with van der Waals surface area (Å²) >= 11 is 0. The van der Waals surface area contributed by atoms with Gasteiger partial charge in [-0.05, 0) is 25.9 Å². The molecule has 0 aromatic heterocycles. The Morgan fingerprint density at radius 3 is 2.44 bits per heavy atom. The molecular weight excluding hydrogens is 224 g/mol. The van der Waals surface area contributed by atoms with E-state index in [1.165, 1.54) is 25.7 Å². The van der Waals surface area contributed by atoms with Crippen LogP contribution < -0.4 is 11.1 Å². The summed E-state index contributed by atoms with van der Waals surface area (Å²) in [4.78, 5) is 6.61. The number of hydrogen-bond acceptors (Lipinski definition) is 2. The molecule has 0 amide bonds. The van der Waals surface area contributed by atoms with Crippen molar-refractivity contribution in [3.63, 3.8) is 0 Å². The van der Waals surface area contributed by atoms with Crippen molar-refractivity contribution in [2.45, 2.75) is 46.5 Å². The lowest BCUT2D eigenvalue weighted by Crippen LogP contribution is -2.36. The van der Waals surface area contributed by atoms with Crippen LogP contribution in [0.3, 0.4) is 0 Å². The van der Waals surface area contributed by atoms with Gasteiger partial charge in [0.2, 0.25) is 0 Å². The smallest absolute Gasteiger partial charge is 0.188 e. The highest BCUT2D eigenvalue weighted by atomic mass is 15.1. The van der Waals surface area contributed by atoms with Gasteiger partial charge in [0, 0.05) is 19.6 Å². The number of guanidine groups is 1. The molecule has 4 nitrogen and oxygen atoms in total. The lowest BCUT2D eigenvalue weighted by Gasteiger charge is -2.26. The Hall–Kier alpha value is -0.770. The molecule has 0 aromatic carbocycles. The minimum Gasteiger partial charge on any atom is -0.370 e. The average Bonchev–Trinajstić information content (AvgIpc) is 2.24. The molecular formula is C14H32N4. The van der Waals surface area contributed by atoms with E-state index >= 15 is 0 Å². The summed E-state index contributed by atoms with van der Waals surface area (Å²) in [6.07, 6.45) is 5.00. The van der Waals surface area contributed by atoms with Gasteiger partial charge < -0.3 is 16.0 Å². The average molecular weight is 256 g/mol. The summed E-state index contributed by atoms with van der Waals surface area (Å²) in [7, 11) is 4.17. The van der Waals surface area contributed by atoms with Crippen LogP contribution in [-0.2, 0) is 0 Å². The number of nitrogens with two attached hydrogens (primary N) is 1. The fraction of sp³-hybridized carbons (Fsp3) is 0.929. The van der Waals surface area contributed by atoms with E-state index < -0.39 is 0 Å². The zero-order valence-electron chi connectivity index (χ0n) is 12.9. The SMILES string of the molecule is CCCCCCNC(N)=NCC(C)(C)CN(C)C. The normalized spacial score (nSPS) is 13.1. The van der Waals surface area contributed by atoms with Gasteiger partial charge in [-0.3, -0.25) is 4.99 Å². The van der Waals surface area contributed by atoms with Crippen molar-refractivity contribution in [3.05, 3.63) is 0 Å². The number of nitrogens with one attached hydrogen (secondary N) is 1. The van der Waals surface area contributed by atoms with Gasteiger partial charge in [0.15, 0.2) is 5.96 Å². The fourth-order valence-electron chi connectivity index (χ4n) is 2.03. The highest BCUT2D eigenvalue weighted by Crippen LogP contribution is 2.15. The van der Waals surface area contributed by atoms with Gasteiger partial charge in [-0.2, -0.15) is 0 Å². The van der Waals surface area contributed by atoms with Gasteiger partial charge in [0.25, 0.3) is 0 Å². The van der Waals surface area contributed by atoms with Gasteiger partial charge in [0.1, 0.15) is 0 Å². The van der Waals surface area contributed by atoms with E-state index in [1.807, 2.05) is 0 Å². The maximum absolute atomic E-state index is 5.85. The van der Waals surface area contributed by atoms with Crippen molar-refractivity contribution in [2.75, 3.05) is 33.7 Å². The Balaban J connectivity index is 3.81. The van der Waals surface area contributed by atoms with E-state index in [0.29, 0.717) is 5.96 Å². The highest BCUT2D eigenvalue weighted by molar-refractivity contribution is 5.77. The molecule has 0 unspecified atom stereocenters. The van der Waals surface area contributed by atoms with Crippen LogP contribution >= 0.6 is 0 Å². The Labute approximate surface area is 113 Å². The molecule has 0 bridgehead atoms. The monoisotopic (exact) mass is 256 g/mol. The second kappa shape index (κ2) is 9.20. The van der Waals surface area contributed by atoms with Gasteiger partial charge in [-0.15, -0.1) is 0 Å². The van der Waals surface area contributed by atoms with Crippen molar-refractivity contribution in [1.29, 1.82) is 0 Å². The number of nitrogens with zero attached hydrogens (tertiary/aromatic N) is 2. The van der Waals surface area contributed by atoms with Crippen LogP contribution in [0, 0.1) is 5.41 Å². The van der Waals surface area contributed by atoms with Crippen LogP contribution in [0.25, 0.3) is 0 Å². The minimum absolute atomic E-state index is 0.165. The summed E-state index contributed by atoms with van der Waals surface area (Å²) in [6.45, 7) is 9.36. The number of hydrogen-bond donors (Lipinski definition) is 2. The topological polar surface area (TPSA) is 53.6 Å². The second-order valence-corrected chi connectivity index (χ2v) is 6.09. The van der Waals surface area contributed by atoms with E-state index in [1.54, 1.807) is 0 Å². The standard InChI is InChI=1S/C14H32N4/c1-6-7-8-9-10-16-13(15)17-11-14(2,3)12-18(4)5/h6-12H2,1-5H3,(H3,15,16,17). The first kappa shape index (κ1) is 17.2. The number of aliphatic imine (C=N–C) groups is 1. The maximum Gasteiger partial charge on any atom is 0.188 e. The molecule has 0 fully saturated rings. The molecule has 0 radical (unpaired) electrons. The Bertz CT molecular complexity index is 234. The van der Waals surface area contributed by atoms with Crippen LogP contribution in [0.5, 0.6) is 0 Å². The van der Waals surface area contributed by atoms with Crippen LogP contribution in [-0.4, -0.2) is 44.6 Å². The molecule has 0 aliphatic carbocycles. The maximum atomic E-state index is 5.85. The molecule has 0 heterocycles. The first-order valence-electron chi connectivity index (χ1n) is 7.06. The summed E-state index contributed by atoms with van der Waals surface area (Å²) < 4.78 is 0. The van der Waals surface area contributed by atoms with E-state index in [4.69, 9.17) is 5.73 Å². The fourth-order valence-corrected chi connectivity index (χ4v) is 2.03. The molecule has 0 aliphatic rings. The summed E-state index contributed by atoms with van der Waals surface area (Å²) in [6, 6.07) is 0. The molecule has 0 saturated carbocycles. The van der Waals surface area contributed by atoms with E-state index in [2.05, 4.69) is 50.1 Å². The first-order chi connectivity index (χ1) is 8.37. The molecule has 0 rings (SSSR count). The van der Waals surface area contributed by atoms with Gasteiger partial charge >= 0.3 is 0 Å². The van der Waals surface area contributed by atoms with E-state index in [0.717, 1.165) is 19.6 Å². The number of unbranched alkanes of at least 4 members (excludes halogenated alkanes) is 3. The first-order valence-corrected chi connectivity index (χ1v) is 7.06. The van der Waals surface area contributed by atoms with E-state index in [-0.39, 0.29) is 5.41 Å². The predicted octanol–water partition coefficient (Wildman–Crippen LogP) is 2.06. The Morgan fingerprint density at radius 2 is 1.89 bits per heavy atom. The molecule has 18 heavy (non-hydrogen) atoms. The summed E-state index contributed by atoms with van der Waals surface area (Å²) in [5, 5.41) is 3.18. The molecule has 0 atom stereocenters. The van der Waals surface area contributed by atoms with E-state index in [9.17, 15) is 0 Å². The Kier molecular flexibility index (Phi) is 8.81. The van der Waals surface area contributed by atoms with Crippen molar-refractivity contribution in [2.24, 2.45) is 16.1 Å². The lowest BCUT2D eigenvalue weighted by atomic mass is 9.93. The van der Waals surface area contributed by atoms with Crippen LogP contribution in [0.2, 0.25) is 0 Å². The van der Waals surface area contributed by atoms with Gasteiger partial charge in [0.05, 0.1) is 0 Å². The van der Waals surface area contributed by atoms with Crippen molar-refractivity contribution >= 4 is 5.96 Å². The molecule has 3 N–H and O–H groups in total. The molecule has 108 valence electrons. The molecule has 0 aromatic rings. The summed E-state index contributed by atoms with van der Waals surface area (Å²) in [5.41, 5.74) is 6.02. The third-order valence-electron chi connectivity index (χ3n) is 2.76. The summed E-state index contributed by atoms with van der Waals surface area (Å²) in [5.74, 6) is 0.582. The molecule has 0 spiro atoms. The van der Waals surface area contributed by atoms with Crippen LogP contribution in [0.15, 0.2) is 4.99 Å². The third kappa shape index (κ3) is 10.4. The van der Waals surface area contributed by atoms with Crippen molar-refractivity contribution in [1.82, 2.24) is 10.2 Å². The Morgan fingerprint density at radius 1 is 1.22 bits per heavy atom. The quantitative estimate of drug-likeness (QED) is 0.377. The predicted molar refractivity (Wildman–Crippen MR) is 81.0 cm³/mol. The van der Waals surface area contributed by atoms with Crippen LogP contribution in [0.1, 0.15) is 46.5 Å².